The molecule has 0 fully saturated rings. The molecule has 2 heterocycles. The Kier molecular flexibility index (Phi) is 4.99. The minimum atomic E-state index is -0.136. The van der Waals surface area contributed by atoms with Crippen LogP contribution in [0.4, 0.5) is 5.69 Å². The smallest absolute Gasteiger partial charge is 0.260 e. The number of H-pyrrole nitrogens is 1. The highest BCUT2D eigenvalue weighted by Crippen LogP contribution is 2.31. The first-order valence-electron chi connectivity index (χ1n) is 8.70. The Balaban J connectivity index is 1.59. The Morgan fingerprint density at radius 2 is 1.64 bits per heavy atom. The molecule has 0 atom stereocenters. The van der Waals surface area contributed by atoms with Gasteiger partial charge >= 0.3 is 0 Å². The van der Waals surface area contributed by atoms with Crippen molar-refractivity contribution in [1.82, 2.24) is 9.97 Å². The van der Waals surface area contributed by atoms with Crippen molar-refractivity contribution >= 4 is 27.2 Å². The van der Waals surface area contributed by atoms with Gasteiger partial charge in [0.1, 0.15) is 22.2 Å². The number of aromatic nitrogens is 2. The lowest BCUT2D eigenvalue weighted by Crippen LogP contribution is -2.14. The maximum atomic E-state index is 12.7. The van der Waals surface area contributed by atoms with Gasteiger partial charge in [-0.15, -0.1) is 11.3 Å². The minimum absolute atomic E-state index is 0.136. The van der Waals surface area contributed by atoms with Crippen LogP contribution in [0, 0.1) is 0 Å². The molecule has 0 saturated carbocycles. The van der Waals surface area contributed by atoms with Gasteiger partial charge in [-0.05, 0) is 42.0 Å². The number of benzene rings is 2. The molecular weight excluding hydrogens is 374 g/mol. The Labute approximate surface area is 165 Å². The zero-order chi connectivity index (χ0) is 19.5. The van der Waals surface area contributed by atoms with E-state index in [1.807, 2.05) is 53.9 Å². The van der Waals surface area contributed by atoms with Gasteiger partial charge < -0.3 is 19.8 Å². The Morgan fingerprint density at radius 1 is 1.00 bits per heavy atom. The van der Waals surface area contributed by atoms with Crippen molar-refractivity contribution in [1.29, 1.82) is 0 Å². The van der Waals surface area contributed by atoms with Crippen LogP contribution in [0.5, 0.6) is 11.5 Å². The van der Waals surface area contributed by atoms with Crippen molar-refractivity contribution in [2.24, 2.45) is 0 Å². The van der Waals surface area contributed by atoms with Crippen molar-refractivity contribution in [3.8, 4) is 22.6 Å². The quantitative estimate of drug-likeness (QED) is 0.511. The fourth-order valence-corrected chi connectivity index (χ4v) is 3.92. The summed E-state index contributed by atoms with van der Waals surface area (Å²) in [7, 11) is 3.26. The summed E-state index contributed by atoms with van der Waals surface area (Å²) in [5.74, 6) is 2.17. The van der Waals surface area contributed by atoms with Crippen molar-refractivity contribution in [3.63, 3.8) is 0 Å². The molecule has 142 valence electrons. The van der Waals surface area contributed by atoms with Gasteiger partial charge in [0, 0.05) is 16.6 Å². The summed E-state index contributed by atoms with van der Waals surface area (Å²) in [6.07, 6.45) is 0. The molecule has 2 aromatic heterocycles. The van der Waals surface area contributed by atoms with Crippen LogP contribution in [0.3, 0.4) is 0 Å². The number of fused-ring (bicyclic) bond motifs is 1. The SMILES string of the molecule is COc1ccc(NCc2nc3scc(-c4ccc(OC)cc4)c3c(=O)[nH]2)cc1. The summed E-state index contributed by atoms with van der Waals surface area (Å²) in [6, 6.07) is 15.2. The number of anilines is 1. The number of aromatic amines is 1. The summed E-state index contributed by atoms with van der Waals surface area (Å²) in [4.78, 5) is 20.9. The molecule has 28 heavy (non-hydrogen) atoms. The van der Waals surface area contributed by atoms with Crippen LogP contribution in [0.1, 0.15) is 5.82 Å². The number of ether oxygens (including phenoxy) is 2. The number of hydrogen-bond acceptors (Lipinski definition) is 6. The molecule has 4 aromatic rings. The number of nitrogens with zero attached hydrogens (tertiary/aromatic N) is 1. The van der Waals surface area contributed by atoms with Gasteiger partial charge in [0.2, 0.25) is 0 Å². The molecule has 2 aromatic carbocycles. The second kappa shape index (κ2) is 7.74. The third-order valence-corrected chi connectivity index (χ3v) is 5.32. The normalized spacial score (nSPS) is 10.8. The lowest BCUT2D eigenvalue weighted by Gasteiger charge is -2.07. The zero-order valence-corrected chi connectivity index (χ0v) is 16.3. The molecule has 0 radical (unpaired) electrons. The van der Waals surface area contributed by atoms with E-state index < -0.39 is 0 Å². The first-order valence-corrected chi connectivity index (χ1v) is 9.58. The van der Waals surface area contributed by atoms with Crippen LogP contribution in [0.2, 0.25) is 0 Å². The maximum absolute atomic E-state index is 12.7. The van der Waals surface area contributed by atoms with E-state index in [2.05, 4.69) is 15.3 Å². The Morgan fingerprint density at radius 3 is 2.29 bits per heavy atom. The van der Waals surface area contributed by atoms with Gasteiger partial charge in [-0.1, -0.05) is 12.1 Å². The minimum Gasteiger partial charge on any atom is -0.497 e. The van der Waals surface area contributed by atoms with E-state index in [9.17, 15) is 4.79 Å². The molecule has 0 saturated heterocycles. The average Bonchev–Trinajstić information content (AvgIpc) is 3.17. The monoisotopic (exact) mass is 393 g/mol. The number of nitrogens with one attached hydrogen (secondary N) is 2. The third kappa shape index (κ3) is 3.57. The Bertz CT molecular complexity index is 1150. The van der Waals surface area contributed by atoms with Crippen molar-refractivity contribution < 1.29 is 9.47 Å². The first-order chi connectivity index (χ1) is 13.7. The van der Waals surface area contributed by atoms with Crippen LogP contribution < -0.4 is 20.3 Å². The van der Waals surface area contributed by atoms with Crippen LogP contribution in [-0.2, 0) is 6.54 Å². The van der Waals surface area contributed by atoms with Crippen molar-refractivity contribution in [3.05, 3.63) is 70.1 Å². The second-order valence-corrected chi connectivity index (χ2v) is 7.01. The first kappa shape index (κ1) is 18.1. The number of thiophene rings is 1. The topological polar surface area (TPSA) is 76.2 Å². The van der Waals surface area contributed by atoms with E-state index in [1.165, 1.54) is 11.3 Å². The largest absolute Gasteiger partial charge is 0.497 e. The lowest BCUT2D eigenvalue weighted by atomic mass is 10.1. The van der Waals surface area contributed by atoms with Gasteiger partial charge in [0.05, 0.1) is 26.2 Å². The number of hydrogen-bond donors (Lipinski definition) is 2. The molecule has 0 unspecified atom stereocenters. The van der Waals surface area contributed by atoms with E-state index >= 15 is 0 Å². The molecule has 6 nitrogen and oxygen atoms in total. The molecule has 0 aliphatic carbocycles. The summed E-state index contributed by atoms with van der Waals surface area (Å²) >= 11 is 1.47. The van der Waals surface area contributed by atoms with Gasteiger partial charge in [0.25, 0.3) is 5.56 Å². The van der Waals surface area contributed by atoms with Gasteiger partial charge in [-0.2, -0.15) is 0 Å². The van der Waals surface area contributed by atoms with Crippen LogP contribution in [0.15, 0.2) is 58.7 Å². The van der Waals surface area contributed by atoms with E-state index in [1.54, 1.807) is 14.2 Å². The highest BCUT2D eigenvalue weighted by molar-refractivity contribution is 7.17. The van der Waals surface area contributed by atoms with E-state index in [-0.39, 0.29) is 5.56 Å². The van der Waals surface area contributed by atoms with Crippen LogP contribution in [-0.4, -0.2) is 24.2 Å². The van der Waals surface area contributed by atoms with Crippen LogP contribution in [0.25, 0.3) is 21.3 Å². The average molecular weight is 393 g/mol. The molecule has 2 N–H and O–H groups in total. The summed E-state index contributed by atoms with van der Waals surface area (Å²) in [6.45, 7) is 0.424. The third-order valence-electron chi connectivity index (χ3n) is 4.44. The molecule has 0 bridgehead atoms. The molecule has 4 rings (SSSR count). The summed E-state index contributed by atoms with van der Waals surface area (Å²) in [5, 5.41) is 5.84. The molecule has 7 heteroatoms. The maximum Gasteiger partial charge on any atom is 0.260 e. The number of rotatable bonds is 6. The predicted octanol–water partition coefficient (Wildman–Crippen LogP) is 4.28. The van der Waals surface area contributed by atoms with E-state index in [0.717, 1.165) is 33.1 Å². The number of methoxy groups -OCH3 is 2. The summed E-state index contributed by atoms with van der Waals surface area (Å²) < 4.78 is 10.4. The summed E-state index contributed by atoms with van der Waals surface area (Å²) in [5.41, 5.74) is 2.63. The van der Waals surface area contributed by atoms with Gasteiger partial charge in [0.15, 0.2) is 0 Å². The zero-order valence-electron chi connectivity index (χ0n) is 15.5. The predicted molar refractivity (Wildman–Crippen MR) is 113 cm³/mol. The molecule has 0 spiro atoms. The molecule has 0 aliphatic rings. The van der Waals surface area contributed by atoms with Gasteiger partial charge in [-0.25, -0.2) is 4.98 Å². The second-order valence-electron chi connectivity index (χ2n) is 6.15. The van der Waals surface area contributed by atoms with Crippen molar-refractivity contribution in [2.75, 3.05) is 19.5 Å². The fraction of sp³-hybridized carbons (Fsp3) is 0.143. The van der Waals surface area contributed by atoms with Crippen LogP contribution >= 0.6 is 11.3 Å². The lowest BCUT2D eigenvalue weighted by molar-refractivity contribution is 0.415. The molecule has 0 aliphatic heterocycles. The fourth-order valence-electron chi connectivity index (χ4n) is 2.95. The van der Waals surface area contributed by atoms with Crippen molar-refractivity contribution in [2.45, 2.75) is 6.54 Å². The van der Waals surface area contributed by atoms with E-state index in [0.29, 0.717) is 17.8 Å². The Hall–Kier alpha value is -3.32. The highest BCUT2D eigenvalue weighted by atomic mass is 32.1. The standard InChI is InChI=1S/C21H19N3O3S/c1-26-15-7-3-13(4-8-15)17-12-28-21-19(17)20(25)23-18(24-21)11-22-14-5-9-16(27-2)10-6-14/h3-10,12,22H,11H2,1-2H3,(H,23,24,25). The molecular formula is C21H19N3O3S. The highest BCUT2D eigenvalue weighted by Gasteiger charge is 2.13. The van der Waals surface area contributed by atoms with Gasteiger partial charge in [-0.3, -0.25) is 4.79 Å². The van der Waals surface area contributed by atoms with E-state index in [4.69, 9.17) is 9.47 Å². The molecule has 0 amide bonds.